The standard InChI is InChI=1S/C16H12N4O2S.2ClH/c21-17-11-13-5-1-3-9-19(13)15-7-8-16(23-15)20-10-4-2-6-14(20)12-18-22;;/h1-12H;2*1H. The van der Waals surface area contributed by atoms with Crippen molar-refractivity contribution in [1.29, 1.82) is 0 Å². The van der Waals surface area contributed by atoms with Crippen LogP contribution in [-0.2, 0) is 0 Å². The minimum atomic E-state index is 0. The summed E-state index contributed by atoms with van der Waals surface area (Å²) in [5.74, 6) is 0. The number of pyridine rings is 2. The summed E-state index contributed by atoms with van der Waals surface area (Å²) in [6.45, 7) is 0. The lowest BCUT2D eigenvalue weighted by Crippen LogP contribution is -3.00. The SMILES string of the molecule is O/N=C/c1cccc[n+]1-c1ccc(-[n+]2ccccc2/C=N/O)s1.[Cl-].[Cl-]. The molecule has 0 fully saturated rings. The summed E-state index contributed by atoms with van der Waals surface area (Å²) in [6.07, 6.45) is 6.58. The van der Waals surface area contributed by atoms with Crippen LogP contribution in [0.2, 0.25) is 0 Å². The van der Waals surface area contributed by atoms with Crippen molar-refractivity contribution in [3.05, 3.63) is 72.3 Å². The van der Waals surface area contributed by atoms with Crippen LogP contribution in [0.5, 0.6) is 0 Å². The van der Waals surface area contributed by atoms with Gasteiger partial charge in [0.25, 0.3) is 10.0 Å². The smallest absolute Gasteiger partial charge is 0.273 e. The van der Waals surface area contributed by atoms with Gasteiger partial charge in [-0.05, 0) is 23.5 Å². The van der Waals surface area contributed by atoms with E-state index in [4.69, 9.17) is 10.4 Å². The van der Waals surface area contributed by atoms with Crippen LogP contribution in [-0.4, -0.2) is 22.8 Å². The van der Waals surface area contributed by atoms with Crippen molar-refractivity contribution in [3.63, 3.8) is 0 Å². The summed E-state index contributed by atoms with van der Waals surface area (Å²) in [7, 11) is 0. The molecule has 6 nitrogen and oxygen atoms in total. The average Bonchev–Trinajstić information content (AvgIpc) is 3.06. The van der Waals surface area contributed by atoms with Crippen LogP contribution in [0.4, 0.5) is 0 Å². The first-order chi connectivity index (χ1) is 11.3. The zero-order chi connectivity index (χ0) is 16.1. The lowest BCUT2D eigenvalue weighted by molar-refractivity contribution is -0.595. The van der Waals surface area contributed by atoms with Crippen molar-refractivity contribution in [1.82, 2.24) is 0 Å². The second-order valence-electron chi connectivity index (χ2n) is 4.59. The van der Waals surface area contributed by atoms with Crippen molar-refractivity contribution in [2.45, 2.75) is 0 Å². The van der Waals surface area contributed by atoms with Gasteiger partial charge in [-0.15, -0.1) is 9.13 Å². The van der Waals surface area contributed by atoms with Crippen LogP contribution in [0, 0.1) is 0 Å². The Bertz CT molecular complexity index is 814. The fourth-order valence-corrected chi connectivity index (χ4v) is 3.24. The van der Waals surface area contributed by atoms with Gasteiger partial charge in [0.1, 0.15) is 12.4 Å². The van der Waals surface area contributed by atoms with Gasteiger partial charge in [0.15, 0.2) is 12.4 Å². The molecule has 0 atom stereocenters. The van der Waals surface area contributed by atoms with Crippen molar-refractivity contribution < 1.29 is 44.4 Å². The van der Waals surface area contributed by atoms with E-state index in [0.29, 0.717) is 0 Å². The molecule has 0 unspecified atom stereocenters. The Morgan fingerprint density at radius 1 is 0.720 bits per heavy atom. The molecule has 3 rings (SSSR count). The zero-order valence-corrected chi connectivity index (χ0v) is 15.1. The number of rotatable bonds is 4. The molecule has 2 N–H and O–H groups in total. The Kier molecular flexibility index (Phi) is 8.00. The maximum Gasteiger partial charge on any atom is 0.273 e. The average molecular weight is 397 g/mol. The van der Waals surface area contributed by atoms with E-state index in [1.165, 1.54) is 12.4 Å². The fraction of sp³-hybridized carbons (Fsp3) is 0. The molecule has 25 heavy (non-hydrogen) atoms. The van der Waals surface area contributed by atoms with Crippen LogP contribution in [0.15, 0.2) is 71.2 Å². The summed E-state index contributed by atoms with van der Waals surface area (Å²) in [5, 5.41) is 25.7. The Balaban J connectivity index is 0.00000156. The first-order valence-corrected chi connectivity index (χ1v) is 7.62. The van der Waals surface area contributed by atoms with Gasteiger partial charge in [-0.2, -0.15) is 0 Å². The lowest BCUT2D eigenvalue weighted by atomic mass is 10.3. The normalized spacial score (nSPS) is 10.6. The second kappa shape index (κ2) is 9.73. The molecule has 0 aromatic carbocycles. The van der Waals surface area contributed by atoms with Crippen LogP contribution in [0.25, 0.3) is 10.0 Å². The van der Waals surface area contributed by atoms with Gasteiger partial charge < -0.3 is 35.2 Å². The number of thiophene rings is 1. The number of hydrogen-bond acceptors (Lipinski definition) is 5. The zero-order valence-electron chi connectivity index (χ0n) is 12.8. The van der Waals surface area contributed by atoms with E-state index in [0.717, 1.165) is 21.4 Å². The van der Waals surface area contributed by atoms with E-state index in [9.17, 15) is 0 Å². The molecular weight excluding hydrogens is 383 g/mol. The molecule has 9 heteroatoms. The maximum absolute atomic E-state index is 8.79. The molecule has 0 aliphatic heterocycles. The van der Waals surface area contributed by atoms with Crippen molar-refractivity contribution in [2.24, 2.45) is 10.3 Å². The highest BCUT2D eigenvalue weighted by Gasteiger charge is 2.20. The van der Waals surface area contributed by atoms with Crippen LogP contribution in [0.1, 0.15) is 11.4 Å². The van der Waals surface area contributed by atoms with Crippen LogP contribution < -0.4 is 33.9 Å². The molecule has 0 saturated heterocycles. The molecule has 3 heterocycles. The molecule has 0 radical (unpaired) electrons. The van der Waals surface area contributed by atoms with Gasteiger partial charge in [-0.25, -0.2) is 0 Å². The highest BCUT2D eigenvalue weighted by molar-refractivity contribution is 7.16. The van der Waals surface area contributed by atoms with Gasteiger partial charge in [0.05, 0.1) is 0 Å². The molecule has 3 aromatic heterocycles. The predicted molar refractivity (Wildman–Crippen MR) is 86.1 cm³/mol. The lowest BCUT2D eigenvalue weighted by Gasteiger charge is -1.95. The summed E-state index contributed by atoms with van der Waals surface area (Å²) >= 11 is 1.56. The topological polar surface area (TPSA) is 72.9 Å². The number of halogens is 2. The Labute approximate surface area is 160 Å². The molecule has 3 aromatic rings. The first kappa shape index (κ1) is 20.6. The molecule has 0 saturated carbocycles. The molecule has 0 amide bonds. The summed E-state index contributed by atoms with van der Waals surface area (Å²) in [6, 6.07) is 15.3. The molecule has 0 aliphatic rings. The molecule has 130 valence electrons. The van der Waals surface area contributed by atoms with Crippen molar-refractivity contribution in [2.75, 3.05) is 0 Å². The van der Waals surface area contributed by atoms with Gasteiger partial charge in [0, 0.05) is 36.4 Å². The van der Waals surface area contributed by atoms with E-state index in [2.05, 4.69) is 10.3 Å². The van der Waals surface area contributed by atoms with Crippen LogP contribution in [0.3, 0.4) is 0 Å². The number of aromatic nitrogens is 2. The number of nitrogens with zero attached hydrogens (tertiary/aromatic N) is 4. The van der Waals surface area contributed by atoms with Gasteiger partial charge in [-0.1, -0.05) is 10.3 Å². The molecular formula is C16H14Cl2N4O2S. The Morgan fingerprint density at radius 3 is 1.56 bits per heavy atom. The van der Waals surface area contributed by atoms with Gasteiger partial charge in [0.2, 0.25) is 11.4 Å². The monoisotopic (exact) mass is 396 g/mol. The minimum Gasteiger partial charge on any atom is -1.00 e. The predicted octanol–water partition coefficient (Wildman–Crippen LogP) is -4.07. The van der Waals surface area contributed by atoms with Crippen molar-refractivity contribution in [3.8, 4) is 10.0 Å². The molecule has 0 bridgehead atoms. The fourth-order valence-electron chi connectivity index (χ4n) is 2.22. The largest absolute Gasteiger partial charge is 1.00 e. The summed E-state index contributed by atoms with van der Waals surface area (Å²) in [4.78, 5) is 0. The van der Waals surface area contributed by atoms with Crippen molar-refractivity contribution >= 4 is 23.8 Å². The Hall–Kier alpha value is -2.48. The summed E-state index contributed by atoms with van der Waals surface area (Å²) in [5.41, 5.74) is 1.53. The third-order valence-corrected chi connectivity index (χ3v) is 4.30. The van der Waals surface area contributed by atoms with E-state index in [1.807, 2.05) is 70.1 Å². The van der Waals surface area contributed by atoms with E-state index in [1.54, 1.807) is 11.3 Å². The Morgan fingerprint density at radius 2 is 1.16 bits per heavy atom. The maximum atomic E-state index is 8.79. The van der Waals surface area contributed by atoms with E-state index in [-0.39, 0.29) is 24.8 Å². The van der Waals surface area contributed by atoms with E-state index < -0.39 is 0 Å². The second-order valence-corrected chi connectivity index (χ2v) is 5.63. The number of hydrogen-bond donors (Lipinski definition) is 2. The minimum absolute atomic E-state index is 0. The molecule has 0 aliphatic carbocycles. The molecule has 0 spiro atoms. The van der Waals surface area contributed by atoms with Crippen LogP contribution >= 0.6 is 11.3 Å². The number of oxime groups is 2. The third-order valence-electron chi connectivity index (χ3n) is 3.22. The highest BCUT2D eigenvalue weighted by Crippen LogP contribution is 2.17. The highest BCUT2D eigenvalue weighted by atomic mass is 35.5. The van der Waals surface area contributed by atoms with Gasteiger partial charge in [-0.3, -0.25) is 0 Å². The third kappa shape index (κ3) is 4.54. The summed E-state index contributed by atoms with van der Waals surface area (Å²) < 4.78 is 3.86. The van der Waals surface area contributed by atoms with E-state index >= 15 is 0 Å². The quantitative estimate of drug-likeness (QED) is 0.204. The first-order valence-electron chi connectivity index (χ1n) is 6.80. The van der Waals surface area contributed by atoms with Gasteiger partial charge >= 0.3 is 0 Å².